The third-order valence-corrected chi connectivity index (χ3v) is 5.40. The zero-order chi connectivity index (χ0) is 18.4. The number of aliphatic carboxylic acids is 1. The highest BCUT2D eigenvalue weighted by atomic mass is 32.1. The molecule has 1 saturated heterocycles. The molecule has 1 aromatic carbocycles. The van der Waals surface area contributed by atoms with Crippen molar-refractivity contribution in [3.8, 4) is 5.75 Å². The van der Waals surface area contributed by atoms with Crippen LogP contribution in [0.3, 0.4) is 0 Å². The number of carboxylic acids is 1. The Labute approximate surface area is 155 Å². The van der Waals surface area contributed by atoms with Crippen molar-refractivity contribution in [2.75, 3.05) is 19.8 Å². The van der Waals surface area contributed by atoms with Gasteiger partial charge in [0, 0.05) is 30.2 Å². The molecule has 138 valence electrons. The first-order valence-corrected chi connectivity index (χ1v) is 9.32. The van der Waals surface area contributed by atoms with Crippen LogP contribution in [0.15, 0.2) is 41.8 Å². The lowest BCUT2D eigenvalue weighted by molar-refractivity contribution is -0.154. The fourth-order valence-electron chi connectivity index (χ4n) is 2.86. The van der Waals surface area contributed by atoms with Gasteiger partial charge in [-0.15, -0.1) is 11.3 Å². The van der Waals surface area contributed by atoms with E-state index in [0.717, 1.165) is 4.88 Å². The van der Waals surface area contributed by atoms with Crippen molar-refractivity contribution in [2.45, 2.75) is 19.4 Å². The number of carbonyl (C=O) groups is 2. The third kappa shape index (κ3) is 4.42. The fourth-order valence-corrected chi connectivity index (χ4v) is 3.47. The minimum Gasteiger partial charge on any atom is -0.488 e. The second-order valence-electron chi connectivity index (χ2n) is 6.28. The molecular formula is C19H21NO5S. The molecule has 7 heteroatoms. The van der Waals surface area contributed by atoms with Crippen LogP contribution in [0.1, 0.15) is 28.1 Å². The molecule has 0 radical (unpaired) electrons. The maximum absolute atomic E-state index is 12.4. The Morgan fingerprint density at radius 1 is 1.23 bits per heavy atom. The first-order chi connectivity index (χ1) is 12.6. The minimum atomic E-state index is -0.957. The molecule has 0 aliphatic carbocycles. The van der Waals surface area contributed by atoms with Gasteiger partial charge in [0.25, 0.3) is 5.91 Å². The summed E-state index contributed by atoms with van der Waals surface area (Å²) in [4.78, 5) is 25.2. The summed E-state index contributed by atoms with van der Waals surface area (Å²) in [6.07, 6.45) is 0.791. The van der Waals surface area contributed by atoms with Gasteiger partial charge in [-0.05, 0) is 42.5 Å². The Morgan fingerprint density at radius 2 is 2.04 bits per heavy atom. The van der Waals surface area contributed by atoms with Crippen LogP contribution in [-0.4, -0.2) is 36.7 Å². The first kappa shape index (κ1) is 18.4. The molecule has 0 unspecified atom stereocenters. The van der Waals surface area contributed by atoms with Crippen LogP contribution in [0.2, 0.25) is 0 Å². The summed E-state index contributed by atoms with van der Waals surface area (Å²) in [5, 5.41) is 14.3. The number of hydrogen-bond acceptors (Lipinski definition) is 5. The molecule has 3 rings (SSSR count). The smallest absolute Gasteiger partial charge is 0.311 e. The summed E-state index contributed by atoms with van der Waals surface area (Å²) in [5.74, 6) is -0.599. The van der Waals surface area contributed by atoms with Crippen LogP contribution in [0.5, 0.6) is 5.75 Å². The highest BCUT2D eigenvalue weighted by molar-refractivity contribution is 7.09. The molecule has 26 heavy (non-hydrogen) atoms. The monoisotopic (exact) mass is 375 g/mol. The highest BCUT2D eigenvalue weighted by Crippen LogP contribution is 2.30. The number of rotatable bonds is 7. The zero-order valence-electron chi connectivity index (χ0n) is 14.3. The number of hydrogen-bond donors (Lipinski definition) is 2. The van der Waals surface area contributed by atoms with Crippen molar-refractivity contribution < 1.29 is 24.2 Å². The molecule has 1 aliphatic heterocycles. The predicted octanol–water partition coefficient (Wildman–Crippen LogP) is 2.94. The summed E-state index contributed by atoms with van der Waals surface area (Å²) in [6.45, 7) is 1.33. The van der Waals surface area contributed by atoms with Crippen molar-refractivity contribution in [3.05, 3.63) is 52.2 Å². The van der Waals surface area contributed by atoms with E-state index in [0.29, 0.717) is 44.0 Å². The number of carbonyl (C=O) groups excluding carboxylic acids is 1. The summed E-state index contributed by atoms with van der Waals surface area (Å²) in [5.41, 5.74) is -0.512. The van der Waals surface area contributed by atoms with Crippen LogP contribution < -0.4 is 10.1 Å². The van der Waals surface area contributed by atoms with Crippen molar-refractivity contribution in [2.24, 2.45) is 5.41 Å². The Morgan fingerprint density at radius 3 is 2.73 bits per heavy atom. The van der Waals surface area contributed by atoms with Crippen LogP contribution in [0.4, 0.5) is 0 Å². The average Bonchev–Trinajstić information content (AvgIpc) is 3.19. The standard InChI is InChI=1S/C19H21NO5S/c21-17(20-13-19(18(22)23)6-8-24-9-7-19)14-3-1-4-15(11-14)25-12-16-5-2-10-26-16/h1-5,10-11H,6-9,12-13H2,(H,20,21)(H,22,23). The quantitative estimate of drug-likeness (QED) is 0.777. The van der Waals surface area contributed by atoms with Gasteiger partial charge in [-0.2, -0.15) is 0 Å². The number of amides is 1. The molecule has 0 saturated carbocycles. The van der Waals surface area contributed by atoms with Crippen molar-refractivity contribution in [3.63, 3.8) is 0 Å². The van der Waals surface area contributed by atoms with E-state index in [9.17, 15) is 14.7 Å². The van der Waals surface area contributed by atoms with E-state index in [-0.39, 0.29) is 12.5 Å². The Hall–Kier alpha value is -2.38. The number of thiophene rings is 1. The number of nitrogens with one attached hydrogen (secondary N) is 1. The van der Waals surface area contributed by atoms with Crippen molar-refractivity contribution in [1.29, 1.82) is 0 Å². The van der Waals surface area contributed by atoms with Gasteiger partial charge >= 0.3 is 5.97 Å². The molecule has 0 spiro atoms. The molecule has 2 aromatic rings. The molecule has 0 bridgehead atoms. The molecular weight excluding hydrogens is 354 g/mol. The SMILES string of the molecule is O=C(NCC1(C(=O)O)CCOCC1)c1cccc(OCc2cccs2)c1. The first-order valence-electron chi connectivity index (χ1n) is 8.44. The topological polar surface area (TPSA) is 84.9 Å². The third-order valence-electron chi connectivity index (χ3n) is 4.55. The molecule has 1 aliphatic rings. The second kappa shape index (κ2) is 8.33. The second-order valence-corrected chi connectivity index (χ2v) is 7.31. The maximum Gasteiger partial charge on any atom is 0.311 e. The van der Waals surface area contributed by atoms with E-state index in [1.165, 1.54) is 0 Å². The molecule has 2 N–H and O–H groups in total. The van der Waals surface area contributed by atoms with E-state index in [2.05, 4.69) is 5.32 Å². The summed E-state index contributed by atoms with van der Waals surface area (Å²) >= 11 is 1.61. The number of benzene rings is 1. The van der Waals surface area contributed by atoms with Gasteiger partial charge < -0.3 is 19.9 Å². The predicted molar refractivity (Wildman–Crippen MR) is 97.5 cm³/mol. The Kier molecular flexibility index (Phi) is 5.90. The lowest BCUT2D eigenvalue weighted by Gasteiger charge is -2.33. The van der Waals surface area contributed by atoms with Gasteiger partial charge in [0.05, 0.1) is 5.41 Å². The van der Waals surface area contributed by atoms with E-state index < -0.39 is 11.4 Å². The van der Waals surface area contributed by atoms with Gasteiger partial charge in [0.15, 0.2) is 0 Å². The number of ether oxygens (including phenoxy) is 2. The fraction of sp³-hybridized carbons (Fsp3) is 0.368. The van der Waals surface area contributed by atoms with Crippen molar-refractivity contribution in [1.82, 2.24) is 5.32 Å². The van der Waals surface area contributed by atoms with E-state index in [1.54, 1.807) is 35.6 Å². The highest BCUT2D eigenvalue weighted by Gasteiger charge is 2.40. The van der Waals surface area contributed by atoms with Crippen molar-refractivity contribution >= 4 is 23.2 Å². The molecule has 1 aromatic heterocycles. The molecule has 6 nitrogen and oxygen atoms in total. The van der Waals surface area contributed by atoms with E-state index >= 15 is 0 Å². The van der Waals surface area contributed by atoms with Gasteiger partial charge in [-0.3, -0.25) is 9.59 Å². The molecule has 1 amide bonds. The van der Waals surface area contributed by atoms with Crippen LogP contribution in [0.25, 0.3) is 0 Å². The molecule has 2 heterocycles. The zero-order valence-corrected chi connectivity index (χ0v) is 15.1. The van der Waals surface area contributed by atoms with E-state index in [1.807, 2.05) is 17.5 Å². The van der Waals surface area contributed by atoms with Gasteiger partial charge in [0.1, 0.15) is 12.4 Å². The van der Waals surface area contributed by atoms with Gasteiger partial charge in [-0.1, -0.05) is 12.1 Å². The lowest BCUT2D eigenvalue weighted by atomic mass is 9.80. The van der Waals surface area contributed by atoms with E-state index in [4.69, 9.17) is 9.47 Å². The lowest BCUT2D eigenvalue weighted by Crippen LogP contribution is -2.46. The summed E-state index contributed by atoms with van der Waals surface area (Å²) in [6, 6.07) is 10.8. The van der Waals surface area contributed by atoms with Crippen LogP contribution in [-0.2, 0) is 16.1 Å². The van der Waals surface area contributed by atoms with Crippen LogP contribution in [0, 0.1) is 5.41 Å². The normalized spacial score (nSPS) is 16.0. The summed E-state index contributed by atoms with van der Waals surface area (Å²) < 4.78 is 11.0. The maximum atomic E-state index is 12.4. The molecule has 0 atom stereocenters. The van der Waals surface area contributed by atoms with Gasteiger partial charge in [0.2, 0.25) is 0 Å². The summed E-state index contributed by atoms with van der Waals surface area (Å²) in [7, 11) is 0. The van der Waals surface area contributed by atoms with Gasteiger partial charge in [-0.25, -0.2) is 0 Å². The number of carboxylic acid groups (broad SMARTS) is 1. The van der Waals surface area contributed by atoms with Crippen LogP contribution >= 0.6 is 11.3 Å². The Balaban J connectivity index is 1.60. The minimum absolute atomic E-state index is 0.0881. The molecule has 1 fully saturated rings. The largest absolute Gasteiger partial charge is 0.488 e. The average molecular weight is 375 g/mol. The Bertz CT molecular complexity index is 753.